The van der Waals surface area contributed by atoms with Crippen LogP contribution in [0.3, 0.4) is 0 Å². The van der Waals surface area contributed by atoms with Gasteiger partial charge in [-0.2, -0.15) is 0 Å². The first-order chi connectivity index (χ1) is 13.3. The lowest BCUT2D eigenvalue weighted by Crippen LogP contribution is -2.41. The fourth-order valence-corrected chi connectivity index (χ4v) is 3.61. The van der Waals surface area contributed by atoms with E-state index < -0.39 is 17.7 Å². The van der Waals surface area contributed by atoms with Gasteiger partial charge in [0.1, 0.15) is 11.3 Å². The lowest BCUT2D eigenvalue weighted by Gasteiger charge is -2.30. The third-order valence-electron chi connectivity index (χ3n) is 4.91. The zero-order chi connectivity index (χ0) is 20.1. The molecule has 0 amide bonds. The molecule has 152 valence electrons. The first kappa shape index (κ1) is 20.4. The molecule has 1 unspecified atom stereocenters. The monoisotopic (exact) mass is 387 g/mol. The van der Waals surface area contributed by atoms with E-state index in [0.29, 0.717) is 17.9 Å². The van der Waals surface area contributed by atoms with E-state index in [1.807, 2.05) is 12.1 Å². The van der Waals surface area contributed by atoms with E-state index in [1.165, 1.54) is 45.9 Å². The molecule has 2 fully saturated rings. The zero-order valence-corrected chi connectivity index (χ0v) is 16.9. The number of piperidine rings is 1. The Morgan fingerprint density at radius 3 is 2.71 bits per heavy atom. The molecule has 6 nitrogen and oxygen atoms in total. The highest BCUT2D eigenvalue weighted by atomic mass is 16.7. The molecule has 2 aliphatic rings. The Labute approximate surface area is 166 Å². The average Bonchev–Trinajstić information content (AvgIpc) is 2.62. The van der Waals surface area contributed by atoms with Crippen molar-refractivity contribution in [3.63, 3.8) is 0 Å². The smallest absolute Gasteiger partial charge is 0.348 e. The Kier molecular flexibility index (Phi) is 6.39. The van der Waals surface area contributed by atoms with Crippen molar-refractivity contribution in [2.45, 2.75) is 45.8 Å². The maximum absolute atomic E-state index is 12.1. The quantitative estimate of drug-likeness (QED) is 0.323. The molecular weight excluding hydrogens is 358 g/mol. The van der Waals surface area contributed by atoms with E-state index in [2.05, 4.69) is 11.8 Å². The Morgan fingerprint density at radius 2 is 2.00 bits per heavy atom. The molecule has 6 heteroatoms. The highest BCUT2D eigenvalue weighted by Gasteiger charge is 2.38. The third kappa shape index (κ3) is 5.58. The number of hydrogen-bond acceptors (Lipinski definition) is 6. The minimum atomic E-state index is -1.23. The second-order valence-electron chi connectivity index (χ2n) is 8.06. The summed E-state index contributed by atoms with van der Waals surface area (Å²) < 4.78 is 16.1. The van der Waals surface area contributed by atoms with Gasteiger partial charge >= 0.3 is 11.9 Å². The van der Waals surface area contributed by atoms with Gasteiger partial charge in [0.05, 0.1) is 6.61 Å². The highest BCUT2D eigenvalue weighted by Crippen LogP contribution is 2.25. The summed E-state index contributed by atoms with van der Waals surface area (Å²) in [4.78, 5) is 26.6. The molecule has 1 aromatic carbocycles. The molecule has 2 heterocycles. The van der Waals surface area contributed by atoms with E-state index in [0.717, 1.165) is 18.9 Å². The second-order valence-corrected chi connectivity index (χ2v) is 8.06. The minimum Gasteiger partial charge on any atom is -0.494 e. The molecule has 28 heavy (non-hydrogen) atoms. The average molecular weight is 387 g/mol. The molecule has 0 N–H and O–H groups in total. The van der Waals surface area contributed by atoms with Crippen LogP contribution in [-0.4, -0.2) is 48.9 Å². The van der Waals surface area contributed by atoms with Crippen molar-refractivity contribution in [3.8, 4) is 5.75 Å². The van der Waals surface area contributed by atoms with Crippen LogP contribution in [0, 0.1) is 5.92 Å². The number of carbonyl (C=O) groups is 2. The summed E-state index contributed by atoms with van der Waals surface area (Å²) >= 11 is 0. The van der Waals surface area contributed by atoms with E-state index >= 15 is 0 Å². The van der Waals surface area contributed by atoms with Crippen molar-refractivity contribution in [2.24, 2.45) is 5.92 Å². The second kappa shape index (κ2) is 8.78. The Balaban J connectivity index is 1.54. The van der Waals surface area contributed by atoms with Gasteiger partial charge in [-0.1, -0.05) is 19.1 Å². The van der Waals surface area contributed by atoms with Crippen molar-refractivity contribution < 1.29 is 23.8 Å². The Morgan fingerprint density at radius 1 is 1.25 bits per heavy atom. The van der Waals surface area contributed by atoms with Gasteiger partial charge in [-0.3, -0.25) is 0 Å². The molecule has 0 aromatic heterocycles. The van der Waals surface area contributed by atoms with Crippen molar-refractivity contribution in [2.75, 3.05) is 26.2 Å². The van der Waals surface area contributed by atoms with Crippen LogP contribution in [0.25, 0.3) is 6.08 Å². The summed E-state index contributed by atoms with van der Waals surface area (Å²) in [5.41, 5.74) is 0.571. The molecule has 0 spiro atoms. The van der Waals surface area contributed by atoms with Crippen molar-refractivity contribution in [1.29, 1.82) is 0 Å². The van der Waals surface area contributed by atoms with E-state index in [1.54, 1.807) is 12.1 Å². The fourth-order valence-electron chi connectivity index (χ4n) is 3.61. The number of nitrogens with zero attached hydrogens (tertiary/aromatic N) is 1. The molecule has 0 aliphatic carbocycles. The third-order valence-corrected chi connectivity index (χ3v) is 4.91. The standard InChI is InChI=1S/C22H29NO5/c1-16-7-5-10-23(15-16)11-6-12-26-18-9-4-8-17(13-18)14-19-20(24)27-22(2,3)28-21(19)25/h4,8-9,13-14,16H,5-7,10-12,15H2,1-3H3. The number of esters is 2. The molecular formula is C22H29NO5. The van der Waals surface area contributed by atoms with E-state index in [9.17, 15) is 9.59 Å². The van der Waals surface area contributed by atoms with Gasteiger partial charge in [0.2, 0.25) is 0 Å². The van der Waals surface area contributed by atoms with Crippen LogP contribution < -0.4 is 4.74 Å². The topological polar surface area (TPSA) is 65.1 Å². The lowest BCUT2D eigenvalue weighted by molar-refractivity contribution is -0.222. The first-order valence-corrected chi connectivity index (χ1v) is 9.96. The zero-order valence-electron chi connectivity index (χ0n) is 16.9. The molecule has 0 radical (unpaired) electrons. The van der Waals surface area contributed by atoms with Crippen LogP contribution in [0.15, 0.2) is 29.8 Å². The van der Waals surface area contributed by atoms with Crippen molar-refractivity contribution >= 4 is 18.0 Å². The summed E-state index contributed by atoms with van der Waals surface area (Å²) in [5, 5.41) is 0. The molecule has 2 saturated heterocycles. The Bertz CT molecular complexity index is 733. The summed E-state index contributed by atoms with van der Waals surface area (Å²) in [7, 11) is 0. The van der Waals surface area contributed by atoms with E-state index in [-0.39, 0.29) is 5.57 Å². The van der Waals surface area contributed by atoms with Crippen LogP contribution in [0.5, 0.6) is 5.75 Å². The van der Waals surface area contributed by atoms with Crippen LogP contribution in [0.2, 0.25) is 0 Å². The van der Waals surface area contributed by atoms with Crippen LogP contribution >= 0.6 is 0 Å². The van der Waals surface area contributed by atoms with Crippen LogP contribution in [0.4, 0.5) is 0 Å². The number of hydrogen-bond donors (Lipinski definition) is 0. The molecule has 3 rings (SSSR count). The maximum Gasteiger partial charge on any atom is 0.348 e. The fraction of sp³-hybridized carbons (Fsp3) is 0.545. The summed E-state index contributed by atoms with van der Waals surface area (Å²) in [6.07, 6.45) is 5.04. The van der Waals surface area contributed by atoms with Gasteiger partial charge in [0, 0.05) is 26.9 Å². The number of ether oxygens (including phenoxy) is 3. The van der Waals surface area contributed by atoms with E-state index in [4.69, 9.17) is 14.2 Å². The Hall–Kier alpha value is -2.34. The summed E-state index contributed by atoms with van der Waals surface area (Å²) in [5.74, 6) is -1.10. The van der Waals surface area contributed by atoms with Gasteiger partial charge in [0.15, 0.2) is 0 Å². The molecule has 1 aromatic rings. The largest absolute Gasteiger partial charge is 0.494 e. The van der Waals surface area contributed by atoms with Gasteiger partial charge in [-0.15, -0.1) is 0 Å². The van der Waals surface area contributed by atoms with Gasteiger partial charge in [-0.05, 0) is 55.5 Å². The minimum absolute atomic E-state index is 0.115. The number of cyclic esters (lactones) is 2. The summed E-state index contributed by atoms with van der Waals surface area (Å²) in [6.45, 7) is 9.38. The van der Waals surface area contributed by atoms with Crippen molar-refractivity contribution in [3.05, 3.63) is 35.4 Å². The van der Waals surface area contributed by atoms with Crippen LogP contribution in [0.1, 0.15) is 45.6 Å². The highest BCUT2D eigenvalue weighted by molar-refractivity contribution is 6.18. The van der Waals surface area contributed by atoms with Gasteiger partial charge in [0.25, 0.3) is 5.79 Å². The number of likely N-dealkylation sites (tertiary alicyclic amines) is 1. The van der Waals surface area contributed by atoms with Crippen LogP contribution in [-0.2, 0) is 19.1 Å². The lowest BCUT2D eigenvalue weighted by atomic mass is 10.0. The summed E-state index contributed by atoms with van der Waals surface area (Å²) in [6, 6.07) is 7.30. The predicted molar refractivity (Wildman–Crippen MR) is 106 cm³/mol. The normalized spacial score (nSPS) is 22.4. The molecule has 0 bridgehead atoms. The predicted octanol–water partition coefficient (Wildman–Crippen LogP) is 3.41. The number of carbonyl (C=O) groups excluding carboxylic acids is 2. The van der Waals surface area contributed by atoms with Crippen molar-refractivity contribution in [1.82, 2.24) is 4.90 Å². The maximum atomic E-state index is 12.1. The molecule has 0 saturated carbocycles. The SMILES string of the molecule is CC1CCCN(CCCOc2cccc(C=C3C(=O)OC(C)(C)OC3=O)c2)C1. The molecule has 2 aliphatic heterocycles. The first-order valence-electron chi connectivity index (χ1n) is 9.96. The van der Waals surface area contributed by atoms with Gasteiger partial charge in [-0.25, -0.2) is 9.59 Å². The van der Waals surface area contributed by atoms with Gasteiger partial charge < -0.3 is 19.1 Å². The molecule has 1 atom stereocenters. The number of benzene rings is 1. The number of rotatable bonds is 6.